The van der Waals surface area contributed by atoms with Gasteiger partial charge >= 0.3 is 33.0 Å². The Balaban J connectivity index is 0.000000441. The van der Waals surface area contributed by atoms with Gasteiger partial charge in [0.05, 0.1) is 9.93 Å². The third kappa shape index (κ3) is 17.1. The van der Waals surface area contributed by atoms with E-state index < -0.39 is 17.7 Å². The van der Waals surface area contributed by atoms with Crippen molar-refractivity contribution >= 4 is 23.5 Å². The van der Waals surface area contributed by atoms with E-state index in [2.05, 4.69) is 0 Å². The average Bonchev–Trinajstić information content (AvgIpc) is 2.11. The van der Waals surface area contributed by atoms with E-state index in [1.54, 1.807) is 36.8 Å². The molecule has 0 radical (unpaired) electrons. The van der Waals surface area contributed by atoms with Gasteiger partial charge in [0.1, 0.15) is 12.5 Å². The molecule has 1 aromatic rings. The van der Waals surface area contributed by atoms with Crippen LogP contribution in [0.4, 0.5) is 25.2 Å². The molecule has 20 heavy (non-hydrogen) atoms. The Morgan fingerprint density at radius 2 is 1.35 bits per heavy atom. The number of hydrogen-bond donors (Lipinski definition) is 0. The van der Waals surface area contributed by atoms with Gasteiger partial charge in [-0.15, -0.1) is 4.21 Å². The van der Waals surface area contributed by atoms with E-state index in [-0.39, 0.29) is 11.5 Å². The van der Waals surface area contributed by atoms with E-state index in [1.165, 1.54) is 0 Å². The number of carbonyl (C=O) groups is 1. The van der Waals surface area contributed by atoms with E-state index in [4.69, 9.17) is 0 Å². The molecule has 2 nitrogen and oxygen atoms in total. The molecule has 1 aromatic carbocycles. The molecule has 0 fully saturated rings. The normalized spacial score (nSPS) is 15.4. The van der Waals surface area contributed by atoms with Crippen LogP contribution in [0.3, 0.4) is 0 Å². The van der Waals surface area contributed by atoms with Gasteiger partial charge in [-0.2, -0.15) is 0 Å². The zero-order chi connectivity index (χ0) is 16.3. The monoisotopic (exact) mass is 342 g/mol. The summed E-state index contributed by atoms with van der Waals surface area (Å²) in [6, 6.07) is 8.95. The number of Topliss-reactive ketones (excluding diaryl/α,β-unsaturated/α-hetero) is 1. The van der Waals surface area contributed by atoms with Crippen molar-refractivity contribution in [3.63, 3.8) is 0 Å². The van der Waals surface area contributed by atoms with Crippen LogP contribution in [0.15, 0.2) is 30.3 Å². The molecule has 0 saturated carbocycles. The standard InChI is InChI=1S/C10H13O2S.F6P/c1-13(2,12)8-10(11)9-6-4-3-5-7-9;1-7(2,3,4,5)6/h3-7H,8H2,1-2H3;/q+1;-1. The zero-order valence-corrected chi connectivity index (χ0v) is 12.2. The Bertz CT molecular complexity index is 508. The Kier molecular flexibility index (Phi) is 4.87. The first-order chi connectivity index (χ1) is 8.44. The Morgan fingerprint density at radius 1 is 1.00 bits per heavy atom. The quantitative estimate of drug-likeness (QED) is 0.335. The fourth-order valence-corrected chi connectivity index (χ4v) is 1.82. The molecule has 0 aliphatic heterocycles. The molecule has 0 heterocycles. The SMILES string of the molecule is C[S+](C)(=O)CC(=O)c1ccccc1.F[P-](F)(F)(F)(F)F. The first-order valence-electron chi connectivity index (χ1n) is 5.00. The molecule has 0 spiro atoms. The van der Waals surface area contributed by atoms with E-state index >= 15 is 0 Å². The Morgan fingerprint density at radius 3 is 1.65 bits per heavy atom. The summed E-state index contributed by atoms with van der Waals surface area (Å²) < 4.78 is 70.5. The average molecular weight is 342 g/mol. The van der Waals surface area contributed by atoms with Gasteiger partial charge in [-0.3, -0.25) is 4.79 Å². The van der Waals surface area contributed by atoms with Crippen LogP contribution in [0, 0.1) is 0 Å². The van der Waals surface area contributed by atoms with Gasteiger partial charge in [0, 0.05) is 5.56 Å². The fraction of sp³-hybridized carbons (Fsp3) is 0.300. The molecule has 0 bridgehead atoms. The van der Waals surface area contributed by atoms with Crippen molar-refractivity contribution in [2.24, 2.45) is 0 Å². The van der Waals surface area contributed by atoms with Gasteiger partial charge < -0.3 is 0 Å². The Hall–Kier alpha value is -0.950. The first kappa shape index (κ1) is 19.1. The van der Waals surface area contributed by atoms with Crippen LogP contribution in [0.2, 0.25) is 0 Å². The predicted molar refractivity (Wildman–Crippen MR) is 69.1 cm³/mol. The first-order valence-corrected chi connectivity index (χ1v) is 9.58. The van der Waals surface area contributed by atoms with Crippen molar-refractivity contribution in [3.05, 3.63) is 35.9 Å². The zero-order valence-electron chi connectivity index (χ0n) is 10.5. The van der Waals surface area contributed by atoms with Crippen molar-refractivity contribution in [1.29, 1.82) is 0 Å². The molecule has 0 aliphatic rings. The molecule has 0 atom stereocenters. The molecule has 0 N–H and O–H groups in total. The summed E-state index contributed by atoms with van der Waals surface area (Å²) in [6.07, 6.45) is 3.21. The molecule has 0 amide bonds. The molecule has 0 saturated heterocycles. The third-order valence-corrected chi connectivity index (χ3v) is 2.53. The molecule has 1 rings (SSSR count). The summed E-state index contributed by atoms with van der Waals surface area (Å²) in [7, 11) is -12.6. The van der Waals surface area contributed by atoms with Crippen molar-refractivity contribution < 1.29 is 34.2 Å². The van der Waals surface area contributed by atoms with Gasteiger partial charge in [0.25, 0.3) is 0 Å². The van der Waals surface area contributed by atoms with Gasteiger partial charge in [-0.05, 0) is 0 Å². The Labute approximate surface area is 112 Å². The molecular weight excluding hydrogens is 329 g/mol. The van der Waals surface area contributed by atoms with Crippen molar-refractivity contribution in [2.45, 2.75) is 0 Å². The second-order valence-electron chi connectivity index (χ2n) is 4.33. The third-order valence-electron chi connectivity index (χ3n) is 1.57. The summed E-state index contributed by atoms with van der Waals surface area (Å²) in [5, 5.41) is 0. The minimum absolute atomic E-state index is 0.0457. The topological polar surface area (TPSA) is 34.1 Å². The van der Waals surface area contributed by atoms with Crippen LogP contribution >= 0.6 is 7.81 Å². The maximum absolute atomic E-state index is 11.5. The number of carbonyl (C=O) groups excluding carboxylic acids is 1. The summed E-state index contributed by atoms with van der Waals surface area (Å²) in [4.78, 5) is 11.5. The van der Waals surface area contributed by atoms with Gasteiger partial charge in [0.15, 0.2) is 5.75 Å². The van der Waals surface area contributed by atoms with Gasteiger partial charge in [-0.1, -0.05) is 30.3 Å². The maximum atomic E-state index is 11.5. The molecule has 0 aliphatic carbocycles. The fourth-order valence-electron chi connectivity index (χ4n) is 1.02. The number of hydrogen-bond acceptors (Lipinski definition) is 2. The van der Waals surface area contributed by atoms with Crippen LogP contribution in [0.25, 0.3) is 0 Å². The summed E-state index contributed by atoms with van der Waals surface area (Å²) in [5.41, 5.74) is 0.638. The minimum atomic E-state index is -10.7. The molecular formula is C10H13F6O2PS. The second-order valence-corrected chi connectivity index (χ2v) is 9.41. The van der Waals surface area contributed by atoms with E-state index in [0.717, 1.165) is 0 Å². The van der Waals surface area contributed by atoms with Crippen molar-refractivity contribution in [3.8, 4) is 0 Å². The van der Waals surface area contributed by atoms with Gasteiger partial charge in [-0.25, -0.2) is 0 Å². The number of rotatable bonds is 3. The molecule has 0 unspecified atom stereocenters. The summed E-state index contributed by atoms with van der Waals surface area (Å²) >= 11 is 0. The number of halogens is 6. The van der Waals surface area contributed by atoms with E-state index in [9.17, 15) is 34.2 Å². The van der Waals surface area contributed by atoms with Crippen LogP contribution in [0.5, 0.6) is 0 Å². The van der Waals surface area contributed by atoms with E-state index in [0.29, 0.717) is 5.56 Å². The van der Waals surface area contributed by atoms with Gasteiger partial charge in [0.2, 0.25) is 5.78 Å². The van der Waals surface area contributed by atoms with Crippen LogP contribution in [0.1, 0.15) is 10.4 Å². The van der Waals surface area contributed by atoms with Crippen molar-refractivity contribution in [1.82, 2.24) is 0 Å². The van der Waals surface area contributed by atoms with E-state index in [1.807, 2.05) is 6.07 Å². The molecule has 0 aromatic heterocycles. The van der Waals surface area contributed by atoms with Crippen LogP contribution in [-0.4, -0.2) is 24.0 Å². The van der Waals surface area contributed by atoms with Crippen LogP contribution in [-0.2, 0) is 14.1 Å². The second kappa shape index (κ2) is 5.11. The summed E-state index contributed by atoms with van der Waals surface area (Å²) in [6.45, 7) is 0. The molecule has 10 heteroatoms. The summed E-state index contributed by atoms with van der Waals surface area (Å²) in [5.74, 6) is 0.0902. The number of ketones is 1. The van der Waals surface area contributed by atoms with Crippen LogP contribution < -0.4 is 0 Å². The van der Waals surface area contributed by atoms with Crippen molar-refractivity contribution in [2.75, 3.05) is 18.3 Å². The number of benzene rings is 1. The molecule has 118 valence electrons. The predicted octanol–water partition coefficient (Wildman–Crippen LogP) is 5.01.